The van der Waals surface area contributed by atoms with Crippen LogP contribution in [0, 0.1) is 10.1 Å². The molecular weight excluding hydrogens is 264 g/mol. The number of ether oxygens (including phenoxy) is 1. The summed E-state index contributed by atoms with van der Waals surface area (Å²) in [5.41, 5.74) is -0.0506. The van der Waals surface area contributed by atoms with Crippen LogP contribution in [0.25, 0.3) is 6.08 Å². The number of nitrogens with zero attached hydrogens (tertiary/aromatic N) is 1. The zero-order valence-electron chi connectivity index (χ0n) is 11.4. The number of benzene rings is 1. The molecule has 1 aromatic carbocycles. The lowest BCUT2D eigenvalue weighted by molar-refractivity contribution is -0.400. The van der Waals surface area contributed by atoms with Gasteiger partial charge in [0.1, 0.15) is 11.4 Å². The lowest BCUT2D eigenvalue weighted by Gasteiger charge is -2.19. The summed E-state index contributed by atoms with van der Waals surface area (Å²) in [5.74, 6) is -0.127. The first-order valence-electron chi connectivity index (χ1n) is 5.82. The van der Waals surface area contributed by atoms with Crippen molar-refractivity contribution in [2.75, 3.05) is 5.32 Å². The second kappa shape index (κ2) is 6.05. The summed E-state index contributed by atoms with van der Waals surface area (Å²) in [6.07, 6.45) is 1.19. The van der Waals surface area contributed by atoms with Crippen LogP contribution < -0.4 is 5.32 Å². The molecule has 108 valence electrons. The Kier molecular flexibility index (Phi) is 4.68. The zero-order chi connectivity index (χ0) is 15.3. The van der Waals surface area contributed by atoms with Crippen LogP contribution in [0.3, 0.4) is 0 Å². The van der Waals surface area contributed by atoms with Gasteiger partial charge in [0.25, 0.3) is 0 Å². The lowest BCUT2D eigenvalue weighted by Crippen LogP contribution is -2.27. The molecule has 0 aromatic heterocycles. The van der Waals surface area contributed by atoms with Gasteiger partial charge in [-0.1, -0.05) is 0 Å². The molecule has 0 atom stereocenters. The highest BCUT2D eigenvalue weighted by atomic mass is 16.6. The molecule has 0 aliphatic heterocycles. The standard InChI is InChI=1S/C13H16N2O5/c1-13(2,3)20-12(17)14-10-4-5-11(16)9(8-10)6-7-15(18)19/h4-8,16H,1-3H3,(H,14,17)/b7-6+. The van der Waals surface area contributed by atoms with Gasteiger partial charge < -0.3 is 9.84 Å². The van der Waals surface area contributed by atoms with Crippen LogP contribution >= 0.6 is 0 Å². The summed E-state index contributed by atoms with van der Waals surface area (Å²) in [7, 11) is 0. The Bertz CT molecular complexity index is 546. The summed E-state index contributed by atoms with van der Waals surface area (Å²) in [6.45, 7) is 5.19. The van der Waals surface area contributed by atoms with Crippen LogP contribution in [-0.2, 0) is 4.74 Å². The highest BCUT2D eigenvalue weighted by molar-refractivity contribution is 5.85. The van der Waals surface area contributed by atoms with E-state index in [-0.39, 0.29) is 11.3 Å². The third kappa shape index (κ3) is 5.38. The number of hydrogen-bond donors (Lipinski definition) is 2. The van der Waals surface area contributed by atoms with Crippen molar-refractivity contribution in [2.24, 2.45) is 0 Å². The molecule has 0 saturated heterocycles. The van der Waals surface area contributed by atoms with Crippen LogP contribution in [0.2, 0.25) is 0 Å². The van der Waals surface area contributed by atoms with Crippen molar-refractivity contribution < 1.29 is 19.6 Å². The third-order valence-corrected chi connectivity index (χ3v) is 2.05. The van der Waals surface area contributed by atoms with E-state index in [1.165, 1.54) is 18.2 Å². The first-order chi connectivity index (χ1) is 9.17. The molecule has 20 heavy (non-hydrogen) atoms. The number of carbonyl (C=O) groups is 1. The minimum Gasteiger partial charge on any atom is -0.507 e. The molecule has 0 bridgehead atoms. The van der Waals surface area contributed by atoms with E-state index in [0.29, 0.717) is 11.9 Å². The fourth-order valence-electron chi connectivity index (χ4n) is 1.33. The number of rotatable bonds is 3. The molecule has 0 heterocycles. The van der Waals surface area contributed by atoms with Crippen molar-refractivity contribution in [2.45, 2.75) is 26.4 Å². The van der Waals surface area contributed by atoms with E-state index in [0.717, 1.165) is 6.08 Å². The Morgan fingerprint density at radius 3 is 2.65 bits per heavy atom. The largest absolute Gasteiger partial charge is 0.507 e. The molecule has 0 fully saturated rings. The van der Waals surface area contributed by atoms with E-state index in [1.54, 1.807) is 20.8 Å². The number of hydrogen-bond acceptors (Lipinski definition) is 5. The Balaban J connectivity index is 2.85. The van der Waals surface area contributed by atoms with Crippen molar-refractivity contribution in [1.29, 1.82) is 0 Å². The minimum atomic E-state index is -0.646. The van der Waals surface area contributed by atoms with E-state index >= 15 is 0 Å². The molecule has 0 aliphatic carbocycles. The number of aromatic hydroxyl groups is 1. The van der Waals surface area contributed by atoms with E-state index in [1.807, 2.05) is 0 Å². The number of amides is 1. The second-order valence-corrected chi connectivity index (χ2v) is 5.00. The summed E-state index contributed by atoms with van der Waals surface area (Å²) in [4.78, 5) is 21.2. The highest BCUT2D eigenvalue weighted by Crippen LogP contribution is 2.23. The van der Waals surface area contributed by atoms with Gasteiger partial charge in [0.2, 0.25) is 6.20 Å². The molecule has 0 spiro atoms. The maximum absolute atomic E-state index is 11.6. The maximum atomic E-state index is 11.6. The highest BCUT2D eigenvalue weighted by Gasteiger charge is 2.16. The van der Waals surface area contributed by atoms with Crippen LogP contribution in [0.15, 0.2) is 24.4 Å². The summed E-state index contributed by atoms with van der Waals surface area (Å²) >= 11 is 0. The molecular formula is C13H16N2O5. The molecule has 1 rings (SSSR count). The smallest absolute Gasteiger partial charge is 0.412 e. The van der Waals surface area contributed by atoms with Gasteiger partial charge >= 0.3 is 6.09 Å². The van der Waals surface area contributed by atoms with Gasteiger partial charge in [0, 0.05) is 17.3 Å². The van der Waals surface area contributed by atoms with Crippen molar-refractivity contribution in [3.63, 3.8) is 0 Å². The number of phenolic OH excluding ortho intramolecular Hbond substituents is 1. The van der Waals surface area contributed by atoms with Crippen molar-refractivity contribution in [1.82, 2.24) is 0 Å². The normalized spacial score (nSPS) is 11.3. The Morgan fingerprint density at radius 1 is 1.45 bits per heavy atom. The van der Waals surface area contributed by atoms with Crippen molar-refractivity contribution in [3.05, 3.63) is 40.1 Å². The lowest BCUT2D eigenvalue weighted by atomic mass is 10.1. The predicted octanol–water partition coefficient (Wildman–Crippen LogP) is 2.99. The molecule has 7 heteroatoms. The van der Waals surface area contributed by atoms with Crippen LogP contribution in [0.5, 0.6) is 5.75 Å². The molecule has 1 aromatic rings. The molecule has 0 radical (unpaired) electrons. The van der Waals surface area contributed by atoms with Gasteiger partial charge in [0.15, 0.2) is 0 Å². The first-order valence-corrected chi connectivity index (χ1v) is 5.82. The molecule has 0 aliphatic rings. The molecule has 0 saturated carbocycles. The zero-order valence-corrected chi connectivity index (χ0v) is 11.4. The van der Waals surface area contributed by atoms with Crippen molar-refractivity contribution >= 4 is 17.9 Å². The fourth-order valence-corrected chi connectivity index (χ4v) is 1.33. The Morgan fingerprint density at radius 2 is 2.10 bits per heavy atom. The van der Waals surface area contributed by atoms with Gasteiger partial charge in [-0.15, -0.1) is 0 Å². The molecule has 2 N–H and O–H groups in total. The molecule has 7 nitrogen and oxygen atoms in total. The summed E-state index contributed by atoms with van der Waals surface area (Å²) in [6, 6.07) is 4.19. The topological polar surface area (TPSA) is 102 Å². The fraction of sp³-hybridized carbons (Fsp3) is 0.308. The number of carbonyl (C=O) groups excluding carboxylic acids is 1. The number of nitrogens with one attached hydrogen (secondary N) is 1. The molecule has 1 amide bonds. The second-order valence-electron chi connectivity index (χ2n) is 5.00. The van der Waals surface area contributed by atoms with Crippen molar-refractivity contribution in [3.8, 4) is 5.75 Å². The van der Waals surface area contributed by atoms with E-state index in [9.17, 15) is 20.0 Å². The van der Waals surface area contributed by atoms with Crippen LogP contribution in [0.1, 0.15) is 26.3 Å². The maximum Gasteiger partial charge on any atom is 0.412 e. The van der Waals surface area contributed by atoms with E-state index in [2.05, 4.69) is 5.32 Å². The van der Waals surface area contributed by atoms with Gasteiger partial charge in [-0.3, -0.25) is 15.4 Å². The van der Waals surface area contributed by atoms with E-state index in [4.69, 9.17) is 4.74 Å². The van der Waals surface area contributed by atoms with Gasteiger partial charge in [-0.25, -0.2) is 4.79 Å². The number of phenols is 1. The SMILES string of the molecule is CC(C)(C)OC(=O)Nc1ccc(O)c(/C=C/[N+](=O)[O-])c1. The van der Waals surface area contributed by atoms with Crippen LogP contribution in [-0.4, -0.2) is 21.7 Å². The third-order valence-electron chi connectivity index (χ3n) is 2.05. The monoisotopic (exact) mass is 280 g/mol. The van der Waals surface area contributed by atoms with Gasteiger partial charge in [-0.05, 0) is 39.0 Å². The molecule has 0 unspecified atom stereocenters. The van der Waals surface area contributed by atoms with Gasteiger partial charge in [0.05, 0.1) is 4.92 Å². The average molecular weight is 280 g/mol. The average Bonchev–Trinajstić information content (AvgIpc) is 2.27. The summed E-state index contributed by atoms with van der Waals surface area (Å²) in [5, 5.41) is 22.3. The Labute approximate surface area is 116 Å². The number of nitro groups is 1. The Hall–Kier alpha value is -2.57. The quantitative estimate of drug-likeness (QED) is 0.503. The van der Waals surface area contributed by atoms with Gasteiger partial charge in [-0.2, -0.15) is 0 Å². The van der Waals surface area contributed by atoms with E-state index < -0.39 is 16.6 Å². The number of anilines is 1. The minimum absolute atomic E-state index is 0.127. The summed E-state index contributed by atoms with van der Waals surface area (Å²) < 4.78 is 5.07. The predicted molar refractivity (Wildman–Crippen MR) is 74.0 cm³/mol. The first kappa shape index (κ1) is 15.5. The van der Waals surface area contributed by atoms with Crippen LogP contribution in [0.4, 0.5) is 10.5 Å².